The predicted octanol–water partition coefficient (Wildman–Crippen LogP) is 1.82. The molecule has 1 aromatic heterocycles. The first-order chi connectivity index (χ1) is 9.40. The van der Waals surface area contributed by atoms with Crippen molar-refractivity contribution < 1.29 is 18.0 Å². The molecule has 2 fully saturated rings. The Bertz CT molecular complexity index is 523. The zero-order valence-corrected chi connectivity index (χ0v) is 10.7. The molecule has 0 saturated carbocycles. The average Bonchev–Trinajstić information content (AvgIpc) is 2.36. The molecule has 108 valence electrons. The molecule has 0 radical (unpaired) electrons. The van der Waals surface area contributed by atoms with E-state index < -0.39 is 11.7 Å². The Morgan fingerprint density at radius 1 is 1.30 bits per heavy atom. The monoisotopic (exact) mass is 285 g/mol. The number of rotatable bonds is 1. The number of piperidine rings is 1. The molecule has 0 aromatic carbocycles. The number of nitrogens with one attached hydrogen (secondary N) is 1. The van der Waals surface area contributed by atoms with Gasteiger partial charge in [0.25, 0.3) is 0 Å². The third-order valence-corrected chi connectivity index (χ3v) is 4.04. The Kier molecular flexibility index (Phi) is 2.97. The normalized spacial score (nSPS) is 21.9. The summed E-state index contributed by atoms with van der Waals surface area (Å²) in [6.45, 7) is 2.19. The highest BCUT2D eigenvalue weighted by Gasteiger charge is 2.44. The van der Waals surface area contributed by atoms with Crippen LogP contribution in [0, 0.1) is 5.41 Å². The molecule has 20 heavy (non-hydrogen) atoms. The molecule has 3 heterocycles. The van der Waals surface area contributed by atoms with Crippen LogP contribution in [-0.4, -0.2) is 30.5 Å². The number of amides is 1. The first-order valence-corrected chi connectivity index (χ1v) is 6.44. The topological polar surface area (TPSA) is 45.2 Å². The lowest BCUT2D eigenvalue weighted by Crippen LogP contribution is -2.59. The van der Waals surface area contributed by atoms with Crippen LogP contribution in [0.5, 0.6) is 0 Å². The van der Waals surface area contributed by atoms with Crippen LogP contribution in [0.1, 0.15) is 18.4 Å². The fourth-order valence-corrected chi connectivity index (χ4v) is 2.71. The SMILES string of the molecule is O=C1CC2(CCN1c1ccc(C(F)(F)F)cn1)CNC2. The van der Waals surface area contributed by atoms with Gasteiger partial charge in [-0.05, 0) is 18.6 Å². The van der Waals surface area contributed by atoms with Gasteiger partial charge in [0.1, 0.15) is 5.82 Å². The van der Waals surface area contributed by atoms with E-state index in [1.165, 1.54) is 11.0 Å². The van der Waals surface area contributed by atoms with Crippen molar-refractivity contribution in [3.05, 3.63) is 23.9 Å². The number of nitrogens with zero attached hydrogens (tertiary/aromatic N) is 2. The van der Waals surface area contributed by atoms with E-state index in [4.69, 9.17) is 0 Å². The minimum atomic E-state index is -4.40. The van der Waals surface area contributed by atoms with E-state index >= 15 is 0 Å². The molecule has 7 heteroatoms. The third-order valence-electron chi connectivity index (χ3n) is 4.04. The van der Waals surface area contributed by atoms with Gasteiger partial charge in [-0.25, -0.2) is 4.98 Å². The summed E-state index contributed by atoms with van der Waals surface area (Å²) in [5.41, 5.74) is -0.746. The van der Waals surface area contributed by atoms with Gasteiger partial charge in [-0.2, -0.15) is 13.2 Å². The van der Waals surface area contributed by atoms with E-state index in [1.807, 2.05) is 0 Å². The summed E-state index contributed by atoms with van der Waals surface area (Å²) in [4.78, 5) is 17.4. The van der Waals surface area contributed by atoms with Gasteiger partial charge in [0, 0.05) is 37.7 Å². The molecule has 0 atom stereocenters. The maximum absolute atomic E-state index is 12.5. The van der Waals surface area contributed by atoms with Crippen LogP contribution in [0.3, 0.4) is 0 Å². The third kappa shape index (κ3) is 2.26. The highest BCUT2D eigenvalue weighted by molar-refractivity contribution is 5.93. The van der Waals surface area contributed by atoms with E-state index in [1.54, 1.807) is 0 Å². The van der Waals surface area contributed by atoms with Crippen LogP contribution in [0.15, 0.2) is 18.3 Å². The summed E-state index contributed by atoms with van der Waals surface area (Å²) in [6.07, 6.45) is -2.34. The van der Waals surface area contributed by atoms with E-state index in [2.05, 4.69) is 10.3 Å². The second-order valence-corrected chi connectivity index (χ2v) is 5.48. The lowest BCUT2D eigenvalue weighted by atomic mass is 9.73. The minimum Gasteiger partial charge on any atom is -0.315 e. The van der Waals surface area contributed by atoms with Crippen molar-refractivity contribution in [2.75, 3.05) is 24.5 Å². The second-order valence-electron chi connectivity index (χ2n) is 5.48. The largest absolute Gasteiger partial charge is 0.417 e. The van der Waals surface area contributed by atoms with Crippen molar-refractivity contribution in [2.45, 2.75) is 19.0 Å². The maximum Gasteiger partial charge on any atom is 0.417 e. The Morgan fingerprint density at radius 3 is 2.50 bits per heavy atom. The number of carbonyl (C=O) groups excluding carboxylic acids is 1. The van der Waals surface area contributed by atoms with Crippen LogP contribution >= 0.6 is 0 Å². The lowest BCUT2D eigenvalue weighted by Gasteiger charge is -2.47. The summed E-state index contributed by atoms with van der Waals surface area (Å²) < 4.78 is 37.4. The Hall–Kier alpha value is -1.63. The maximum atomic E-state index is 12.5. The first kappa shape index (κ1) is 13.4. The van der Waals surface area contributed by atoms with Crippen molar-refractivity contribution in [1.82, 2.24) is 10.3 Å². The van der Waals surface area contributed by atoms with Crippen molar-refractivity contribution in [2.24, 2.45) is 5.41 Å². The fourth-order valence-electron chi connectivity index (χ4n) is 2.71. The van der Waals surface area contributed by atoms with Crippen molar-refractivity contribution in [3.63, 3.8) is 0 Å². The van der Waals surface area contributed by atoms with Gasteiger partial charge < -0.3 is 5.32 Å². The van der Waals surface area contributed by atoms with Crippen molar-refractivity contribution in [1.29, 1.82) is 0 Å². The van der Waals surface area contributed by atoms with Crippen LogP contribution in [0.4, 0.5) is 19.0 Å². The Balaban J connectivity index is 1.75. The van der Waals surface area contributed by atoms with Crippen molar-refractivity contribution in [3.8, 4) is 0 Å². The Labute approximate surface area is 114 Å². The number of hydrogen-bond donors (Lipinski definition) is 1. The zero-order chi connectivity index (χ0) is 14.4. The molecule has 3 rings (SSSR count). The molecule has 2 aliphatic rings. The summed E-state index contributed by atoms with van der Waals surface area (Å²) >= 11 is 0. The number of pyridine rings is 1. The molecule has 1 amide bonds. The number of anilines is 1. The molecular formula is C13H14F3N3O. The van der Waals surface area contributed by atoms with E-state index in [0.717, 1.165) is 31.8 Å². The molecule has 1 N–H and O–H groups in total. The number of carbonyl (C=O) groups is 1. The number of aromatic nitrogens is 1. The van der Waals surface area contributed by atoms with Crippen LogP contribution in [0.25, 0.3) is 0 Å². The van der Waals surface area contributed by atoms with Gasteiger partial charge in [0.15, 0.2) is 0 Å². The Morgan fingerprint density at radius 2 is 2.05 bits per heavy atom. The summed E-state index contributed by atoms with van der Waals surface area (Å²) in [5, 5.41) is 3.16. The molecule has 0 aliphatic carbocycles. The quantitative estimate of drug-likeness (QED) is 0.856. The number of hydrogen-bond acceptors (Lipinski definition) is 3. The van der Waals surface area contributed by atoms with Gasteiger partial charge in [-0.15, -0.1) is 0 Å². The summed E-state index contributed by atoms with van der Waals surface area (Å²) in [7, 11) is 0. The van der Waals surface area contributed by atoms with Gasteiger partial charge in [-0.1, -0.05) is 0 Å². The van der Waals surface area contributed by atoms with Crippen LogP contribution in [-0.2, 0) is 11.0 Å². The van der Waals surface area contributed by atoms with Crippen LogP contribution in [0.2, 0.25) is 0 Å². The standard InChI is InChI=1S/C13H14F3N3O/c14-13(15,16)9-1-2-10(18-6-9)19-4-3-12(5-11(19)20)7-17-8-12/h1-2,6,17H,3-5,7-8H2. The summed E-state index contributed by atoms with van der Waals surface area (Å²) in [6, 6.07) is 2.22. The zero-order valence-electron chi connectivity index (χ0n) is 10.7. The summed E-state index contributed by atoms with van der Waals surface area (Å²) in [5.74, 6) is 0.232. The molecule has 2 aliphatic heterocycles. The number of alkyl halides is 3. The number of halogens is 3. The fraction of sp³-hybridized carbons (Fsp3) is 0.538. The van der Waals surface area contributed by atoms with Crippen molar-refractivity contribution >= 4 is 11.7 Å². The first-order valence-electron chi connectivity index (χ1n) is 6.44. The molecule has 4 nitrogen and oxygen atoms in total. The predicted molar refractivity (Wildman–Crippen MR) is 66.1 cm³/mol. The second kappa shape index (κ2) is 4.44. The van der Waals surface area contributed by atoms with Gasteiger partial charge in [0.05, 0.1) is 5.56 Å². The molecule has 2 saturated heterocycles. The van der Waals surface area contributed by atoms with E-state index in [0.29, 0.717) is 18.8 Å². The highest BCUT2D eigenvalue weighted by atomic mass is 19.4. The average molecular weight is 285 g/mol. The smallest absolute Gasteiger partial charge is 0.315 e. The lowest BCUT2D eigenvalue weighted by molar-refractivity contribution is -0.137. The minimum absolute atomic E-state index is 0.0551. The molecule has 1 aromatic rings. The van der Waals surface area contributed by atoms with E-state index in [-0.39, 0.29) is 11.3 Å². The van der Waals surface area contributed by atoms with Gasteiger partial charge in [-0.3, -0.25) is 9.69 Å². The van der Waals surface area contributed by atoms with Gasteiger partial charge in [0.2, 0.25) is 5.91 Å². The van der Waals surface area contributed by atoms with Gasteiger partial charge >= 0.3 is 6.18 Å². The highest BCUT2D eigenvalue weighted by Crippen LogP contribution is 2.37. The molecule has 1 spiro atoms. The van der Waals surface area contributed by atoms with Crippen LogP contribution < -0.4 is 10.2 Å². The molecule has 0 unspecified atom stereocenters. The molecular weight excluding hydrogens is 271 g/mol. The molecule has 0 bridgehead atoms. The van der Waals surface area contributed by atoms with E-state index in [9.17, 15) is 18.0 Å².